The fraction of sp³-hybridized carbons (Fsp3) is 0.583. The van der Waals surface area contributed by atoms with Crippen molar-refractivity contribution in [2.24, 2.45) is 5.41 Å². The van der Waals surface area contributed by atoms with Gasteiger partial charge in [-0.25, -0.2) is 0 Å². The van der Waals surface area contributed by atoms with E-state index >= 15 is 0 Å². The number of hydrogen-bond donors (Lipinski definition) is 1. The van der Waals surface area contributed by atoms with E-state index in [1.807, 2.05) is 13.8 Å². The molecule has 0 aliphatic heterocycles. The number of ether oxygens (including phenoxy) is 1. The number of aliphatic hydroxyl groups excluding tert-OH is 1. The van der Waals surface area contributed by atoms with Crippen LogP contribution in [-0.2, 0) is 0 Å². The molecule has 0 bridgehead atoms. The highest BCUT2D eigenvalue weighted by Gasteiger charge is 2.52. The molecule has 3 unspecified atom stereocenters. The monoisotopic (exact) mass is 252 g/mol. The first-order chi connectivity index (χ1) is 8.49. The minimum absolute atomic E-state index is 0.166. The van der Waals surface area contributed by atoms with Crippen molar-refractivity contribution in [1.82, 2.24) is 4.98 Å². The van der Waals surface area contributed by atoms with E-state index in [1.54, 1.807) is 6.07 Å². The SMILES string of the molecule is CCC1(C)C(O)CC1Oc1cccnc1[N+](=O)[O-]. The fourth-order valence-corrected chi connectivity index (χ4v) is 2.21. The van der Waals surface area contributed by atoms with Crippen LogP contribution < -0.4 is 4.74 Å². The third-order valence-electron chi connectivity index (χ3n) is 3.89. The second-order valence-electron chi connectivity index (χ2n) is 4.80. The van der Waals surface area contributed by atoms with Gasteiger partial charge in [-0.05, 0) is 28.5 Å². The predicted octanol–water partition coefficient (Wildman–Crippen LogP) is 1.92. The summed E-state index contributed by atoms with van der Waals surface area (Å²) in [5, 5.41) is 20.6. The van der Waals surface area contributed by atoms with Gasteiger partial charge in [0.05, 0.1) is 6.10 Å². The largest absolute Gasteiger partial charge is 0.482 e. The van der Waals surface area contributed by atoms with Crippen LogP contribution in [-0.4, -0.2) is 27.2 Å². The summed E-state index contributed by atoms with van der Waals surface area (Å²) in [4.78, 5) is 14.0. The van der Waals surface area contributed by atoms with Crippen LogP contribution in [0.25, 0.3) is 0 Å². The average molecular weight is 252 g/mol. The van der Waals surface area contributed by atoms with Gasteiger partial charge in [0.15, 0.2) is 0 Å². The Morgan fingerprint density at radius 3 is 3.00 bits per heavy atom. The van der Waals surface area contributed by atoms with E-state index in [0.717, 1.165) is 6.42 Å². The summed E-state index contributed by atoms with van der Waals surface area (Å²) in [5.41, 5.74) is -0.344. The molecule has 1 N–H and O–H groups in total. The molecule has 1 fully saturated rings. The van der Waals surface area contributed by atoms with Crippen molar-refractivity contribution in [3.63, 3.8) is 0 Å². The summed E-state index contributed by atoms with van der Waals surface area (Å²) < 4.78 is 5.66. The molecule has 1 aliphatic rings. The number of aromatic nitrogens is 1. The minimum atomic E-state index is -0.562. The lowest BCUT2D eigenvalue weighted by Crippen LogP contribution is -2.57. The van der Waals surface area contributed by atoms with Gasteiger partial charge in [-0.15, -0.1) is 0 Å². The Morgan fingerprint density at radius 2 is 2.44 bits per heavy atom. The zero-order chi connectivity index (χ0) is 13.3. The molecule has 0 amide bonds. The zero-order valence-corrected chi connectivity index (χ0v) is 10.4. The summed E-state index contributed by atoms with van der Waals surface area (Å²) in [6.45, 7) is 3.89. The van der Waals surface area contributed by atoms with Crippen LogP contribution in [0.4, 0.5) is 5.82 Å². The van der Waals surface area contributed by atoms with Crippen LogP contribution in [0.2, 0.25) is 0 Å². The van der Waals surface area contributed by atoms with Gasteiger partial charge in [-0.3, -0.25) is 0 Å². The van der Waals surface area contributed by atoms with Gasteiger partial charge in [0.1, 0.15) is 12.3 Å². The molecule has 0 radical (unpaired) electrons. The van der Waals surface area contributed by atoms with Crippen LogP contribution >= 0.6 is 0 Å². The third kappa shape index (κ3) is 1.92. The zero-order valence-electron chi connectivity index (χ0n) is 10.4. The summed E-state index contributed by atoms with van der Waals surface area (Å²) in [5.74, 6) is -0.114. The van der Waals surface area contributed by atoms with Crippen molar-refractivity contribution in [2.75, 3.05) is 0 Å². The van der Waals surface area contributed by atoms with Crippen molar-refractivity contribution < 1.29 is 14.8 Å². The summed E-state index contributed by atoms with van der Waals surface area (Å²) in [6.07, 6.45) is 1.99. The smallest absolute Gasteiger partial charge is 0.406 e. The lowest BCUT2D eigenvalue weighted by molar-refractivity contribution is -0.391. The second kappa shape index (κ2) is 4.53. The first kappa shape index (κ1) is 12.8. The molecular formula is C12H16N2O4. The first-order valence-electron chi connectivity index (χ1n) is 5.93. The molecular weight excluding hydrogens is 236 g/mol. The maximum absolute atomic E-state index is 10.8. The van der Waals surface area contributed by atoms with Gasteiger partial charge in [-0.1, -0.05) is 13.8 Å². The van der Waals surface area contributed by atoms with E-state index < -0.39 is 11.0 Å². The molecule has 1 saturated carbocycles. The first-order valence-corrected chi connectivity index (χ1v) is 5.93. The number of hydrogen-bond acceptors (Lipinski definition) is 5. The Bertz CT molecular complexity index is 465. The van der Waals surface area contributed by atoms with Crippen molar-refractivity contribution in [3.05, 3.63) is 28.4 Å². The highest BCUT2D eigenvalue weighted by atomic mass is 16.6. The highest BCUT2D eigenvalue weighted by molar-refractivity contribution is 5.39. The van der Waals surface area contributed by atoms with Gasteiger partial charge >= 0.3 is 5.82 Å². The molecule has 0 aromatic carbocycles. The van der Waals surface area contributed by atoms with E-state index in [2.05, 4.69) is 4.98 Å². The molecule has 2 rings (SSSR count). The Labute approximate surface area is 105 Å². The molecule has 18 heavy (non-hydrogen) atoms. The number of pyridine rings is 1. The molecule has 0 spiro atoms. The normalized spacial score (nSPS) is 30.6. The molecule has 0 saturated heterocycles. The van der Waals surface area contributed by atoms with Crippen molar-refractivity contribution in [2.45, 2.75) is 38.9 Å². The van der Waals surface area contributed by atoms with E-state index in [0.29, 0.717) is 6.42 Å². The highest BCUT2D eigenvalue weighted by Crippen LogP contribution is 2.46. The molecule has 1 aromatic heterocycles. The van der Waals surface area contributed by atoms with Gasteiger partial charge in [0.25, 0.3) is 0 Å². The predicted molar refractivity (Wildman–Crippen MR) is 64.3 cm³/mol. The molecule has 98 valence electrons. The Hall–Kier alpha value is -1.69. The molecule has 3 atom stereocenters. The summed E-state index contributed by atoms with van der Waals surface area (Å²) in [6, 6.07) is 3.13. The lowest BCUT2D eigenvalue weighted by Gasteiger charge is -2.50. The second-order valence-corrected chi connectivity index (χ2v) is 4.80. The van der Waals surface area contributed by atoms with E-state index in [-0.39, 0.29) is 23.1 Å². The van der Waals surface area contributed by atoms with Crippen LogP contribution in [0.1, 0.15) is 26.7 Å². The van der Waals surface area contributed by atoms with Crippen molar-refractivity contribution >= 4 is 5.82 Å². The van der Waals surface area contributed by atoms with Crippen LogP contribution in [0.15, 0.2) is 18.3 Å². The Kier molecular flexibility index (Phi) is 3.21. The average Bonchev–Trinajstić information content (AvgIpc) is 2.37. The molecule has 1 heterocycles. The third-order valence-corrected chi connectivity index (χ3v) is 3.89. The van der Waals surface area contributed by atoms with Crippen molar-refractivity contribution in [3.8, 4) is 5.75 Å². The van der Waals surface area contributed by atoms with E-state index in [1.165, 1.54) is 12.3 Å². The van der Waals surface area contributed by atoms with Gasteiger partial charge in [-0.2, -0.15) is 0 Å². The number of nitrogens with zero attached hydrogens (tertiary/aromatic N) is 2. The lowest BCUT2D eigenvalue weighted by atomic mass is 9.63. The van der Waals surface area contributed by atoms with Gasteiger partial charge < -0.3 is 20.0 Å². The number of aliphatic hydroxyl groups is 1. The van der Waals surface area contributed by atoms with Crippen LogP contribution in [0.3, 0.4) is 0 Å². The van der Waals surface area contributed by atoms with E-state index in [9.17, 15) is 15.2 Å². The minimum Gasteiger partial charge on any atom is -0.482 e. The van der Waals surface area contributed by atoms with Gasteiger partial charge in [0.2, 0.25) is 5.75 Å². The Balaban J connectivity index is 2.18. The summed E-state index contributed by atoms with van der Waals surface area (Å²) in [7, 11) is 0. The van der Waals surface area contributed by atoms with E-state index in [4.69, 9.17) is 4.74 Å². The molecule has 6 heteroatoms. The number of nitro groups is 1. The number of rotatable bonds is 4. The van der Waals surface area contributed by atoms with Crippen LogP contribution in [0, 0.1) is 15.5 Å². The summed E-state index contributed by atoms with van der Waals surface area (Å²) >= 11 is 0. The standard InChI is InChI=1S/C12H16N2O4/c1-3-12(2)9(15)7-10(12)18-8-5-4-6-13-11(8)14(16)17/h4-6,9-10,15H,3,7H2,1-2H3. The van der Waals surface area contributed by atoms with Crippen LogP contribution in [0.5, 0.6) is 5.75 Å². The quantitative estimate of drug-likeness (QED) is 0.653. The fourth-order valence-electron chi connectivity index (χ4n) is 2.21. The molecule has 6 nitrogen and oxygen atoms in total. The molecule has 1 aromatic rings. The van der Waals surface area contributed by atoms with Gasteiger partial charge in [0, 0.05) is 11.8 Å². The maximum atomic E-state index is 10.8. The Morgan fingerprint density at radius 1 is 1.72 bits per heavy atom. The molecule has 1 aliphatic carbocycles. The maximum Gasteiger partial charge on any atom is 0.406 e. The van der Waals surface area contributed by atoms with Crippen molar-refractivity contribution in [1.29, 1.82) is 0 Å². The topological polar surface area (TPSA) is 85.5 Å².